The van der Waals surface area contributed by atoms with Gasteiger partial charge in [0.25, 0.3) is 0 Å². The summed E-state index contributed by atoms with van der Waals surface area (Å²) in [6.45, 7) is 8.58. The quantitative estimate of drug-likeness (QED) is 0.188. The summed E-state index contributed by atoms with van der Waals surface area (Å²) in [7, 11) is 0. The Labute approximate surface area is 105 Å². The van der Waals surface area contributed by atoms with Crippen LogP contribution >= 0.6 is 0 Å². The predicted molar refractivity (Wildman–Crippen MR) is 72.9 cm³/mol. The first kappa shape index (κ1) is 16.2. The lowest BCUT2D eigenvalue weighted by Gasteiger charge is -2.18. The summed E-state index contributed by atoms with van der Waals surface area (Å²) >= 11 is 0. The minimum Gasteiger partial charge on any atom is -0.382 e. The van der Waals surface area contributed by atoms with Crippen molar-refractivity contribution >= 4 is 5.96 Å². The first-order valence-electron chi connectivity index (χ1n) is 6.63. The SMILES string of the molecule is CCCC(CC)NC(=NCCCOCC)NN. The van der Waals surface area contributed by atoms with Crippen LogP contribution in [0, 0.1) is 0 Å². The third kappa shape index (κ3) is 8.94. The minimum atomic E-state index is 0.446. The van der Waals surface area contributed by atoms with Gasteiger partial charge < -0.3 is 10.1 Å². The van der Waals surface area contributed by atoms with Gasteiger partial charge in [0, 0.05) is 25.8 Å². The maximum absolute atomic E-state index is 5.44. The third-order valence-corrected chi connectivity index (χ3v) is 2.53. The highest BCUT2D eigenvalue weighted by atomic mass is 16.5. The second kappa shape index (κ2) is 11.7. The van der Waals surface area contributed by atoms with Gasteiger partial charge in [-0.25, -0.2) is 5.84 Å². The monoisotopic (exact) mass is 244 g/mol. The number of aliphatic imine (C=N–C) groups is 1. The molecule has 4 N–H and O–H groups in total. The van der Waals surface area contributed by atoms with Gasteiger partial charge in [-0.1, -0.05) is 20.3 Å². The van der Waals surface area contributed by atoms with E-state index in [0.717, 1.165) is 45.4 Å². The number of ether oxygens (including phenoxy) is 1. The predicted octanol–water partition coefficient (Wildman–Crippen LogP) is 1.40. The molecule has 1 unspecified atom stereocenters. The molecule has 17 heavy (non-hydrogen) atoms. The molecule has 0 fully saturated rings. The fourth-order valence-electron chi connectivity index (χ4n) is 1.55. The Bertz CT molecular complexity index is 197. The van der Waals surface area contributed by atoms with Crippen molar-refractivity contribution < 1.29 is 4.74 Å². The Morgan fingerprint density at radius 2 is 2.12 bits per heavy atom. The summed E-state index contributed by atoms with van der Waals surface area (Å²) in [5.74, 6) is 6.12. The van der Waals surface area contributed by atoms with Gasteiger partial charge in [0.2, 0.25) is 5.96 Å². The summed E-state index contributed by atoms with van der Waals surface area (Å²) in [6.07, 6.45) is 4.29. The highest BCUT2D eigenvalue weighted by Gasteiger charge is 2.06. The molecule has 5 heteroatoms. The maximum atomic E-state index is 5.44. The zero-order chi connectivity index (χ0) is 12.9. The molecule has 0 saturated heterocycles. The molecule has 0 radical (unpaired) electrons. The Morgan fingerprint density at radius 1 is 1.35 bits per heavy atom. The van der Waals surface area contributed by atoms with E-state index in [1.807, 2.05) is 6.92 Å². The molecule has 0 aliphatic rings. The van der Waals surface area contributed by atoms with Gasteiger partial charge in [-0.2, -0.15) is 0 Å². The van der Waals surface area contributed by atoms with Crippen LogP contribution < -0.4 is 16.6 Å². The fraction of sp³-hybridized carbons (Fsp3) is 0.917. The van der Waals surface area contributed by atoms with E-state index in [1.165, 1.54) is 0 Å². The average Bonchev–Trinajstić information content (AvgIpc) is 2.36. The summed E-state index contributed by atoms with van der Waals surface area (Å²) in [6, 6.07) is 0.446. The van der Waals surface area contributed by atoms with E-state index in [0.29, 0.717) is 12.0 Å². The van der Waals surface area contributed by atoms with Crippen molar-refractivity contribution in [2.45, 2.75) is 52.5 Å². The van der Waals surface area contributed by atoms with Crippen LogP contribution in [0.15, 0.2) is 4.99 Å². The molecule has 1 atom stereocenters. The normalized spacial score (nSPS) is 13.5. The highest BCUT2D eigenvalue weighted by molar-refractivity contribution is 5.79. The van der Waals surface area contributed by atoms with Crippen LogP contribution in [0.25, 0.3) is 0 Å². The summed E-state index contributed by atoms with van der Waals surface area (Å²) < 4.78 is 5.25. The topological polar surface area (TPSA) is 71.7 Å². The molecule has 0 aromatic carbocycles. The molecule has 0 spiro atoms. The van der Waals surface area contributed by atoms with Crippen molar-refractivity contribution in [2.75, 3.05) is 19.8 Å². The Balaban J connectivity index is 3.90. The molecule has 5 nitrogen and oxygen atoms in total. The van der Waals surface area contributed by atoms with Gasteiger partial charge >= 0.3 is 0 Å². The highest BCUT2D eigenvalue weighted by Crippen LogP contribution is 2.00. The summed E-state index contributed by atoms with van der Waals surface area (Å²) in [4.78, 5) is 4.37. The zero-order valence-electron chi connectivity index (χ0n) is 11.5. The smallest absolute Gasteiger partial charge is 0.205 e. The van der Waals surface area contributed by atoms with Gasteiger partial charge in [0.15, 0.2) is 0 Å². The van der Waals surface area contributed by atoms with Crippen molar-refractivity contribution in [1.29, 1.82) is 0 Å². The first-order valence-corrected chi connectivity index (χ1v) is 6.63. The molecule has 0 aromatic rings. The number of hydrogen-bond acceptors (Lipinski definition) is 3. The molecule has 0 amide bonds. The molecule has 0 aliphatic heterocycles. The molecule has 0 heterocycles. The number of hydrogen-bond donors (Lipinski definition) is 3. The van der Waals surface area contributed by atoms with E-state index in [9.17, 15) is 0 Å². The van der Waals surface area contributed by atoms with Crippen LogP contribution in [0.1, 0.15) is 46.5 Å². The third-order valence-electron chi connectivity index (χ3n) is 2.53. The largest absolute Gasteiger partial charge is 0.382 e. The summed E-state index contributed by atoms with van der Waals surface area (Å²) in [5, 5.41) is 3.32. The average molecular weight is 244 g/mol. The van der Waals surface area contributed by atoms with E-state index in [-0.39, 0.29) is 0 Å². The summed E-state index contributed by atoms with van der Waals surface area (Å²) in [5.41, 5.74) is 2.61. The van der Waals surface area contributed by atoms with E-state index in [1.54, 1.807) is 0 Å². The standard InChI is InChI=1S/C12H28N4O/c1-4-8-11(5-2)15-12(16-13)14-9-7-10-17-6-3/h11H,4-10,13H2,1-3H3,(H2,14,15,16). The zero-order valence-corrected chi connectivity index (χ0v) is 11.5. The van der Waals surface area contributed by atoms with Gasteiger partial charge in [-0.05, 0) is 26.2 Å². The van der Waals surface area contributed by atoms with Crippen LogP contribution in [0.3, 0.4) is 0 Å². The van der Waals surface area contributed by atoms with E-state index >= 15 is 0 Å². The number of rotatable bonds is 9. The van der Waals surface area contributed by atoms with Gasteiger partial charge in [0.1, 0.15) is 0 Å². The molecule has 0 bridgehead atoms. The van der Waals surface area contributed by atoms with E-state index in [2.05, 4.69) is 29.6 Å². The van der Waals surface area contributed by atoms with Crippen LogP contribution in [-0.2, 0) is 4.74 Å². The maximum Gasteiger partial charge on any atom is 0.205 e. The van der Waals surface area contributed by atoms with Crippen LogP contribution in [0.2, 0.25) is 0 Å². The molecule has 0 aliphatic carbocycles. The van der Waals surface area contributed by atoms with Crippen LogP contribution in [-0.4, -0.2) is 31.8 Å². The number of hydrazine groups is 1. The second-order valence-electron chi connectivity index (χ2n) is 3.96. The minimum absolute atomic E-state index is 0.446. The fourth-order valence-corrected chi connectivity index (χ4v) is 1.55. The van der Waals surface area contributed by atoms with E-state index in [4.69, 9.17) is 10.6 Å². The molecule has 0 aromatic heterocycles. The molecular formula is C12H28N4O. The van der Waals surface area contributed by atoms with E-state index < -0.39 is 0 Å². The number of nitrogens with two attached hydrogens (primary N) is 1. The van der Waals surface area contributed by atoms with Crippen molar-refractivity contribution in [1.82, 2.24) is 10.7 Å². The Hall–Kier alpha value is -0.810. The molecule has 102 valence electrons. The number of nitrogens with one attached hydrogen (secondary N) is 2. The molecule has 0 saturated carbocycles. The van der Waals surface area contributed by atoms with Crippen molar-refractivity contribution in [2.24, 2.45) is 10.8 Å². The van der Waals surface area contributed by atoms with Gasteiger partial charge in [-0.3, -0.25) is 10.4 Å². The molecule has 0 rings (SSSR count). The lowest BCUT2D eigenvalue weighted by atomic mass is 10.1. The second-order valence-corrected chi connectivity index (χ2v) is 3.96. The van der Waals surface area contributed by atoms with Gasteiger partial charge in [0.05, 0.1) is 0 Å². The van der Waals surface area contributed by atoms with Crippen molar-refractivity contribution in [3.05, 3.63) is 0 Å². The lowest BCUT2D eigenvalue weighted by Crippen LogP contribution is -2.46. The molecular weight excluding hydrogens is 216 g/mol. The van der Waals surface area contributed by atoms with Crippen LogP contribution in [0.5, 0.6) is 0 Å². The van der Waals surface area contributed by atoms with Crippen molar-refractivity contribution in [3.8, 4) is 0 Å². The van der Waals surface area contributed by atoms with Crippen molar-refractivity contribution in [3.63, 3.8) is 0 Å². The number of guanidine groups is 1. The number of nitrogens with zero attached hydrogens (tertiary/aromatic N) is 1. The first-order chi connectivity index (χ1) is 8.28. The Morgan fingerprint density at radius 3 is 2.65 bits per heavy atom. The van der Waals surface area contributed by atoms with Crippen LogP contribution in [0.4, 0.5) is 0 Å². The van der Waals surface area contributed by atoms with Gasteiger partial charge in [-0.15, -0.1) is 0 Å². The lowest BCUT2D eigenvalue weighted by molar-refractivity contribution is 0.146. The Kier molecular flexibility index (Phi) is 11.1.